The Morgan fingerprint density at radius 1 is 1.33 bits per heavy atom. The van der Waals surface area contributed by atoms with Crippen molar-refractivity contribution >= 4 is 24.6 Å². The summed E-state index contributed by atoms with van der Waals surface area (Å²) in [5.74, 6) is -2.44. The molecule has 0 radical (unpaired) electrons. The number of carboxylic acid groups (broad SMARTS) is 2. The van der Waals surface area contributed by atoms with E-state index in [1.807, 2.05) is 0 Å². The van der Waals surface area contributed by atoms with Crippen molar-refractivity contribution in [2.24, 2.45) is 0 Å². The van der Waals surface area contributed by atoms with Gasteiger partial charge in [0.25, 0.3) is 5.97 Å². The summed E-state index contributed by atoms with van der Waals surface area (Å²) in [6, 6.07) is 0. The maximum Gasteiger partial charge on any atom is 1.00 e. The van der Waals surface area contributed by atoms with Gasteiger partial charge >= 0.3 is 87.5 Å². The molecule has 0 bridgehead atoms. The van der Waals surface area contributed by atoms with E-state index in [9.17, 15) is 9.59 Å². The van der Waals surface area contributed by atoms with Crippen molar-refractivity contribution < 1.29 is 104 Å². The zero-order chi connectivity index (χ0) is 7.44. The predicted octanol–water partition coefficient (Wildman–Crippen LogP) is -6.31. The van der Waals surface area contributed by atoms with E-state index in [-0.39, 0.29) is 84.3 Å². The Kier molecular flexibility index (Phi) is 25.7. The summed E-state index contributed by atoms with van der Waals surface area (Å²) in [5, 5.41) is 14.9. The normalized spacial score (nSPS) is 9.42. The van der Waals surface area contributed by atoms with E-state index in [0.717, 1.165) is 0 Å². The first-order chi connectivity index (χ1) is 4.04. The minimum atomic E-state index is -1.26. The van der Waals surface area contributed by atoms with Gasteiger partial charge in [-0.1, -0.05) is 5.25 Å². The first-order valence-electron chi connectivity index (χ1n) is 2.14. The van der Waals surface area contributed by atoms with Gasteiger partial charge < -0.3 is 25.7 Å². The van der Waals surface area contributed by atoms with Crippen LogP contribution in [0.15, 0.2) is 0 Å². The maximum absolute atomic E-state index is 9.87. The molecule has 8 heteroatoms. The Hall–Kier alpha value is 2.03. The Balaban J connectivity index is -0.0000000320. The van der Waals surface area contributed by atoms with Crippen LogP contribution >= 0.6 is 0 Å². The van der Waals surface area contributed by atoms with Crippen LogP contribution in [0.3, 0.4) is 0 Å². The Labute approximate surface area is 138 Å². The molecule has 0 amide bonds. The molecule has 0 aromatic heterocycles. The third-order valence-electron chi connectivity index (χ3n) is 0.635. The Morgan fingerprint density at radius 3 is 1.75 bits per heavy atom. The van der Waals surface area contributed by atoms with Gasteiger partial charge in [0.2, 0.25) is 0 Å². The second kappa shape index (κ2) is 13.0. The number of rotatable bonds is 3. The Morgan fingerprint density at radius 2 is 1.67 bits per heavy atom. The first-order valence-corrected chi connectivity index (χ1v) is 2.61. The van der Waals surface area contributed by atoms with Gasteiger partial charge in [0.1, 0.15) is 0 Å². The third kappa shape index (κ3) is 14.5. The van der Waals surface area contributed by atoms with Crippen LogP contribution in [-0.4, -0.2) is 27.4 Å². The molecule has 0 aliphatic carbocycles. The zero-order valence-corrected chi connectivity index (χ0v) is 13.7. The largest absolute Gasteiger partial charge is 1.00 e. The molecule has 0 aromatic rings. The number of hydrogen-bond donors (Lipinski definition) is 2. The Bertz CT molecular complexity index is 153. The van der Waals surface area contributed by atoms with Crippen LogP contribution in [-0.2, 0) is 44.6 Å². The predicted molar refractivity (Wildman–Crippen MR) is 33.3 cm³/mol. The fraction of sp³-hybridized carbons (Fsp3) is 0.500. The molecule has 0 aliphatic heterocycles. The van der Waals surface area contributed by atoms with Crippen LogP contribution in [0.2, 0.25) is 0 Å². The second-order valence-electron chi connectivity index (χ2n) is 1.42. The van der Waals surface area contributed by atoms with Crippen molar-refractivity contribution in [2.75, 3.05) is 0 Å². The molecule has 0 saturated carbocycles. The van der Waals surface area contributed by atoms with Crippen LogP contribution in [0.4, 0.5) is 0 Å². The molecule has 2 N–H and O–H groups in total. The van der Waals surface area contributed by atoms with E-state index < -0.39 is 23.6 Å². The van der Waals surface area contributed by atoms with Crippen LogP contribution < -0.4 is 59.1 Å². The molecule has 4 nitrogen and oxygen atoms in total. The molecule has 1 unspecified atom stereocenters. The average Bonchev–Trinajstić information content (AvgIpc) is 1.63. The molecule has 1 atom stereocenters. The summed E-state index contributed by atoms with van der Waals surface area (Å²) in [7, 11) is 0. The fourth-order valence-electron chi connectivity index (χ4n) is 0.246. The van der Waals surface area contributed by atoms with Crippen LogP contribution in [0.25, 0.3) is 0 Å². The topological polar surface area (TPSA) is 74.6 Å². The van der Waals surface area contributed by atoms with E-state index in [0.29, 0.717) is 0 Å². The number of carbonyl (C=O) groups is 2. The molecule has 0 aromatic carbocycles. The van der Waals surface area contributed by atoms with Crippen molar-refractivity contribution in [1.82, 2.24) is 0 Å². The van der Waals surface area contributed by atoms with E-state index in [1.54, 1.807) is 0 Å². The van der Waals surface area contributed by atoms with Crippen molar-refractivity contribution in [3.05, 3.63) is 0 Å². The number of aliphatic carboxylic acids is 2. The summed E-state index contributed by atoms with van der Waals surface area (Å²) in [4.78, 5) is 19.7. The minimum absolute atomic E-state index is 0. The van der Waals surface area contributed by atoms with Crippen LogP contribution in [0, 0.1) is 0 Å². The zero-order valence-electron chi connectivity index (χ0n) is 8.71. The van der Waals surface area contributed by atoms with Gasteiger partial charge in [-0.3, -0.25) is 9.59 Å². The molecule has 12 heavy (non-hydrogen) atoms. The number of hydrogen-bond acceptors (Lipinski definition) is 3. The SMILES string of the molecule is O=C(O)CC([S-])C(=O)O.[Au+].[H-].[H-].[Na+].[Na+]. The van der Waals surface area contributed by atoms with Crippen molar-refractivity contribution in [2.45, 2.75) is 11.7 Å². The van der Waals surface area contributed by atoms with Gasteiger partial charge in [0, 0.05) is 6.42 Å². The standard InChI is InChI=1S/C4H6O4S.Au.2Na.2H/c5-3(6)1-2(9)4(7)8;;;;;/h2,9H,1H2,(H,5,6)(H,7,8);;;;;/q;3*+1;2*-1/p-1. The van der Waals surface area contributed by atoms with Gasteiger partial charge in [-0.15, -0.1) is 0 Å². The maximum atomic E-state index is 9.87. The summed E-state index contributed by atoms with van der Waals surface area (Å²) in [6.07, 6.45) is -0.495. The molecular formula is C4H7AuNa2O4S. The molecule has 66 valence electrons. The van der Waals surface area contributed by atoms with Gasteiger partial charge in [-0.05, 0) is 0 Å². The van der Waals surface area contributed by atoms with Gasteiger partial charge in [-0.2, -0.15) is 0 Å². The molecular weight excluding hydrogens is 387 g/mol. The van der Waals surface area contributed by atoms with Crippen molar-refractivity contribution in [3.8, 4) is 0 Å². The molecule has 0 rings (SSSR count). The summed E-state index contributed by atoms with van der Waals surface area (Å²) in [6.45, 7) is 0. The quantitative estimate of drug-likeness (QED) is 0.368. The van der Waals surface area contributed by atoms with Crippen LogP contribution in [0.5, 0.6) is 0 Å². The van der Waals surface area contributed by atoms with Crippen molar-refractivity contribution in [3.63, 3.8) is 0 Å². The van der Waals surface area contributed by atoms with Crippen molar-refractivity contribution in [1.29, 1.82) is 0 Å². The second-order valence-corrected chi connectivity index (χ2v) is 1.99. The van der Waals surface area contributed by atoms with Crippen LogP contribution in [0.1, 0.15) is 9.27 Å². The van der Waals surface area contributed by atoms with E-state index in [4.69, 9.17) is 10.2 Å². The van der Waals surface area contributed by atoms with Gasteiger partial charge in [-0.25, -0.2) is 0 Å². The average molecular weight is 394 g/mol. The first kappa shape index (κ1) is 23.7. The fourth-order valence-corrected chi connectivity index (χ4v) is 0.388. The molecule has 0 heterocycles. The van der Waals surface area contributed by atoms with E-state index in [1.165, 1.54) is 0 Å². The summed E-state index contributed by atoms with van der Waals surface area (Å²) < 4.78 is 0. The number of carboxylic acids is 2. The molecule has 0 spiro atoms. The van der Waals surface area contributed by atoms with E-state index in [2.05, 4.69) is 12.6 Å². The van der Waals surface area contributed by atoms with Gasteiger partial charge in [0.15, 0.2) is 0 Å². The third-order valence-corrected chi connectivity index (χ3v) is 1.00. The molecule has 0 fully saturated rings. The monoisotopic (exact) mass is 394 g/mol. The van der Waals surface area contributed by atoms with E-state index >= 15 is 0 Å². The van der Waals surface area contributed by atoms with Gasteiger partial charge in [0.05, 0.1) is 0 Å². The smallest absolute Gasteiger partial charge is 1.00 e. The molecule has 0 saturated heterocycles. The molecule has 0 aliphatic rings. The summed E-state index contributed by atoms with van der Waals surface area (Å²) in [5.41, 5.74) is 0. The summed E-state index contributed by atoms with van der Waals surface area (Å²) >= 11 is 4.26. The minimum Gasteiger partial charge on any atom is -1.00 e.